The molecule has 0 atom stereocenters. The molecular weight excluding hydrogens is 376 g/mol. The van der Waals surface area contributed by atoms with E-state index in [4.69, 9.17) is 9.84 Å². The first-order valence-electron chi connectivity index (χ1n) is 10.4. The lowest BCUT2D eigenvalue weighted by atomic mass is 9.76. The van der Waals surface area contributed by atoms with Crippen molar-refractivity contribution >= 4 is 11.9 Å². The number of nitrogens with one attached hydrogen (secondary N) is 1. The van der Waals surface area contributed by atoms with Crippen LogP contribution in [0.5, 0.6) is 0 Å². The van der Waals surface area contributed by atoms with Gasteiger partial charge in [-0.1, -0.05) is 36.8 Å². The van der Waals surface area contributed by atoms with E-state index in [1.54, 1.807) is 4.68 Å². The Hall–Kier alpha value is -2.44. The molecule has 1 aromatic heterocycles. The van der Waals surface area contributed by atoms with Crippen LogP contribution in [-0.4, -0.2) is 27.9 Å². The van der Waals surface area contributed by atoms with Crippen LogP contribution < -0.4 is 5.32 Å². The van der Waals surface area contributed by atoms with Gasteiger partial charge in [-0.05, 0) is 37.2 Å². The Kier molecular flexibility index (Phi) is 4.19. The number of amides is 1. The van der Waals surface area contributed by atoms with Gasteiger partial charge in [0.1, 0.15) is 11.9 Å². The third-order valence-electron chi connectivity index (χ3n) is 6.67. The van der Waals surface area contributed by atoms with E-state index in [1.807, 2.05) is 25.2 Å². The fourth-order valence-electron chi connectivity index (χ4n) is 4.64. The second-order valence-corrected chi connectivity index (χ2v) is 8.73. The van der Waals surface area contributed by atoms with Crippen LogP contribution in [0.4, 0.5) is 19.4 Å². The fourth-order valence-corrected chi connectivity index (χ4v) is 4.64. The van der Waals surface area contributed by atoms with Gasteiger partial charge in [-0.2, -0.15) is 5.10 Å². The number of carbonyl (C=O) groups excluding carboxylic acids is 1. The zero-order valence-corrected chi connectivity index (χ0v) is 16.5. The molecule has 0 radical (unpaired) electrons. The lowest BCUT2D eigenvalue weighted by Crippen LogP contribution is -2.43. The summed E-state index contributed by atoms with van der Waals surface area (Å²) in [5.41, 5.74) is 3.30. The van der Waals surface area contributed by atoms with Gasteiger partial charge in [-0.15, -0.1) is 0 Å². The van der Waals surface area contributed by atoms with Crippen molar-refractivity contribution in [1.29, 1.82) is 0 Å². The minimum absolute atomic E-state index is 0.0934. The second kappa shape index (κ2) is 6.54. The molecule has 0 spiro atoms. The molecule has 154 valence electrons. The summed E-state index contributed by atoms with van der Waals surface area (Å²) in [5.74, 6) is -1.71. The van der Waals surface area contributed by atoms with E-state index < -0.39 is 31.0 Å². The summed E-state index contributed by atoms with van der Waals surface area (Å²) >= 11 is 0. The highest BCUT2D eigenvalue weighted by molar-refractivity contribution is 5.85. The molecule has 1 amide bonds. The van der Waals surface area contributed by atoms with Crippen molar-refractivity contribution in [1.82, 2.24) is 9.78 Å². The fraction of sp³-hybridized carbons (Fsp3) is 0.545. The SMILES string of the molecule is Cn1nc(C2(c3ccccc3)CC2)c(C2CCC2)c1NC(=O)OC1CC(F)(F)C1. The average molecular weight is 401 g/mol. The third-order valence-corrected chi connectivity index (χ3v) is 6.67. The predicted molar refractivity (Wildman–Crippen MR) is 104 cm³/mol. The lowest BCUT2D eigenvalue weighted by Gasteiger charge is -2.34. The highest BCUT2D eigenvalue weighted by Crippen LogP contribution is 2.57. The van der Waals surface area contributed by atoms with E-state index in [1.165, 1.54) is 12.0 Å². The molecule has 3 aliphatic rings. The molecule has 2 aromatic rings. The Morgan fingerprint density at radius 1 is 1.21 bits per heavy atom. The summed E-state index contributed by atoms with van der Waals surface area (Å²) in [7, 11) is 1.82. The van der Waals surface area contributed by atoms with Crippen LogP contribution >= 0.6 is 0 Å². The van der Waals surface area contributed by atoms with Crippen molar-refractivity contribution in [3.8, 4) is 0 Å². The molecule has 1 N–H and O–H groups in total. The summed E-state index contributed by atoms with van der Waals surface area (Å²) in [6.07, 6.45) is 3.19. The second-order valence-electron chi connectivity index (χ2n) is 8.73. The Balaban J connectivity index is 1.43. The van der Waals surface area contributed by atoms with Gasteiger partial charge in [0.25, 0.3) is 5.92 Å². The molecule has 1 aromatic carbocycles. The van der Waals surface area contributed by atoms with E-state index in [0.717, 1.165) is 36.9 Å². The molecule has 3 saturated carbocycles. The molecular formula is C22H25F2N3O2. The summed E-state index contributed by atoms with van der Waals surface area (Å²) in [5, 5.41) is 7.66. The van der Waals surface area contributed by atoms with Gasteiger partial charge in [0.05, 0.1) is 5.69 Å². The summed E-state index contributed by atoms with van der Waals surface area (Å²) in [4.78, 5) is 12.4. The van der Waals surface area contributed by atoms with Gasteiger partial charge < -0.3 is 4.74 Å². The predicted octanol–water partition coefficient (Wildman–Crippen LogP) is 5.11. The number of anilines is 1. The zero-order chi connectivity index (χ0) is 20.2. The van der Waals surface area contributed by atoms with E-state index in [-0.39, 0.29) is 5.41 Å². The number of nitrogens with zero attached hydrogens (tertiary/aromatic N) is 2. The standard InChI is InChI=1S/C22H25F2N3O2/c1-27-19(25-20(28)29-16-12-22(23,24)13-16)17(14-6-5-7-14)18(26-27)21(10-11-21)15-8-3-2-4-9-15/h2-4,8-9,14,16H,5-7,10-13H2,1H3,(H,25,28). The van der Waals surface area contributed by atoms with Crippen LogP contribution in [0.3, 0.4) is 0 Å². The van der Waals surface area contributed by atoms with E-state index in [0.29, 0.717) is 11.7 Å². The Morgan fingerprint density at radius 2 is 1.90 bits per heavy atom. The van der Waals surface area contributed by atoms with Crippen molar-refractivity contribution < 1.29 is 18.3 Å². The minimum atomic E-state index is -2.71. The number of benzene rings is 1. The van der Waals surface area contributed by atoms with Crippen molar-refractivity contribution in [2.24, 2.45) is 7.05 Å². The summed E-state index contributed by atoms with van der Waals surface area (Å²) < 4.78 is 33.0. The van der Waals surface area contributed by atoms with Gasteiger partial charge in [-0.3, -0.25) is 10.00 Å². The van der Waals surface area contributed by atoms with E-state index in [9.17, 15) is 13.6 Å². The number of hydrogen-bond donors (Lipinski definition) is 1. The summed E-state index contributed by atoms with van der Waals surface area (Å²) in [6.45, 7) is 0. The first kappa shape index (κ1) is 18.6. The average Bonchev–Trinajstić information content (AvgIpc) is 3.36. The van der Waals surface area contributed by atoms with Crippen LogP contribution in [0.15, 0.2) is 30.3 Å². The minimum Gasteiger partial charge on any atom is -0.445 e. The number of alkyl halides is 2. The molecule has 0 saturated heterocycles. The van der Waals surface area contributed by atoms with Crippen LogP contribution in [-0.2, 0) is 17.2 Å². The third kappa shape index (κ3) is 3.20. The molecule has 0 bridgehead atoms. The molecule has 7 heteroatoms. The first-order valence-corrected chi connectivity index (χ1v) is 10.4. The highest BCUT2D eigenvalue weighted by Gasteiger charge is 2.51. The quantitative estimate of drug-likeness (QED) is 0.757. The van der Waals surface area contributed by atoms with E-state index >= 15 is 0 Å². The van der Waals surface area contributed by atoms with E-state index in [2.05, 4.69) is 17.4 Å². The first-order chi connectivity index (χ1) is 13.9. The van der Waals surface area contributed by atoms with Crippen LogP contribution in [0, 0.1) is 0 Å². The maximum atomic E-state index is 13.0. The molecule has 29 heavy (non-hydrogen) atoms. The number of ether oxygens (including phenoxy) is 1. The number of rotatable bonds is 5. The summed E-state index contributed by atoms with van der Waals surface area (Å²) in [6, 6.07) is 10.4. The number of carbonyl (C=O) groups is 1. The molecule has 5 nitrogen and oxygen atoms in total. The molecule has 5 rings (SSSR count). The lowest BCUT2D eigenvalue weighted by molar-refractivity contribution is -0.142. The number of halogens is 2. The van der Waals surface area contributed by atoms with Crippen molar-refractivity contribution in [2.75, 3.05) is 5.32 Å². The molecule has 1 heterocycles. The van der Waals surface area contributed by atoms with Gasteiger partial charge in [0.15, 0.2) is 0 Å². The normalized spacial score (nSPS) is 22.4. The van der Waals surface area contributed by atoms with Gasteiger partial charge in [0, 0.05) is 30.9 Å². The van der Waals surface area contributed by atoms with Crippen molar-refractivity contribution in [2.45, 2.75) is 68.3 Å². The maximum Gasteiger partial charge on any atom is 0.413 e. The molecule has 3 fully saturated rings. The highest BCUT2D eigenvalue weighted by atomic mass is 19.3. The number of aromatic nitrogens is 2. The van der Waals surface area contributed by atoms with Crippen LogP contribution in [0.1, 0.15) is 67.7 Å². The van der Waals surface area contributed by atoms with Crippen molar-refractivity contribution in [3.63, 3.8) is 0 Å². The Bertz CT molecular complexity index is 925. The van der Waals surface area contributed by atoms with Gasteiger partial charge >= 0.3 is 6.09 Å². The number of hydrogen-bond acceptors (Lipinski definition) is 3. The topological polar surface area (TPSA) is 56.2 Å². The van der Waals surface area contributed by atoms with Gasteiger partial charge in [-0.25, -0.2) is 13.6 Å². The number of aryl methyl sites for hydroxylation is 1. The maximum absolute atomic E-state index is 13.0. The largest absolute Gasteiger partial charge is 0.445 e. The van der Waals surface area contributed by atoms with Crippen molar-refractivity contribution in [3.05, 3.63) is 47.2 Å². The molecule has 0 unspecified atom stereocenters. The molecule has 3 aliphatic carbocycles. The van der Waals surface area contributed by atoms with Crippen LogP contribution in [0.2, 0.25) is 0 Å². The monoisotopic (exact) mass is 401 g/mol. The van der Waals surface area contributed by atoms with Gasteiger partial charge in [0.2, 0.25) is 0 Å². The Labute approximate surface area is 168 Å². The smallest absolute Gasteiger partial charge is 0.413 e. The Morgan fingerprint density at radius 3 is 2.45 bits per heavy atom. The zero-order valence-electron chi connectivity index (χ0n) is 16.5. The van der Waals surface area contributed by atoms with Crippen LogP contribution in [0.25, 0.3) is 0 Å². The molecule has 0 aliphatic heterocycles.